The molecule has 0 aromatic carbocycles. The third kappa shape index (κ3) is 4.20. The molecule has 1 N–H and O–H groups in total. The molecule has 166 valence electrons. The summed E-state index contributed by atoms with van der Waals surface area (Å²) in [5.41, 5.74) is 0.253. The van der Waals surface area contributed by atoms with Crippen LogP contribution in [-0.4, -0.2) is 72.7 Å². The Kier molecular flexibility index (Phi) is 5.58. The zero-order valence-corrected chi connectivity index (χ0v) is 17.4. The molecule has 2 aliphatic rings. The topological polar surface area (TPSA) is 104 Å². The van der Waals surface area contributed by atoms with Gasteiger partial charge in [-0.3, -0.25) is 0 Å². The van der Waals surface area contributed by atoms with Crippen LogP contribution in [0, 0.1) is 0 Å². The van der Waals surface area contributed by atoms with Gasteiger partial charge >= 0.3 is 6.18 Å². The maximum Gasteiger partial charge on any atom is 0.422 e. The summed E-state index contributed by atoms with van der Waals surface area (Å²) in [6.07, 6.45) is -5.22. The van der Waals surface area contributed by atoms with Gasteiger partial charge in [0.25, 0.3) is 0 Å². The monoisotopic (exact) mass is 449 g/mol. The molecule has 1 aliphatic carbocycles. The zero-order chi connectivity index (χ0) is 21.7. The van der Waals surface area contributed by atoms with E-state index in [4.69, 9.17) is 14.2 Å². The summed E-state index contributed by atoms with van der Waals surface area (Å²) in [6, 6.07) is -0.453. The van der Waals surface area contributed by atoms with Crippen molar-refractivity contribution in [1.82, 2.24) is 25.0 Å². The Bertz CT molecular complexity index is 925. The number of nitrogens with zero attached hydrogens (tertiary/aromatic N) is 5. The molecule has 2 aromatic heterocycles. The van der Waals surface area contributed by atoms with Crippen molar-refractivity contribution in [2.75, 3.05) is 12.4 Å². The van der Waals surface area contributed by atoms with Crippen molar-refractivity contribution in [3.63, 3.8) is 0 Å². The maximum absolute atomic E-state index is 12.7. The van der Waals surface area contributed by atoms with E-state index in [0.717, 1.165) is 6.42 Å². The molecule has 4 atom stereocenters. The first-order valence-corrected chi connectivity index (χ1v) is 10.6. The molecule has 0 unspecified atom stereocenters. The minimum Gasteiger partial charge on any atom is -0.466 e. The number of hydrogen-bond acceptors (Lipinski definition) is 9. The fraction of sp³-hybridized carbons (Fsp3) is 0.765. The van der Waals surface area contributed by atoms with Crippen LogP contribution in [0.1, 0.15) is 39.7 Å². The molecule has 0 radical (unpaired) electrons. The standard InChI is InChI=1S/C17H22F3N5O4S/c1-4-5-30-15-21-13-10(14(22-15)27-7-17(18,19)20)23-24-25(13)8-6-9(26)12-11(8)28-16(2,3)29-12/h8-9,11-12,26H,4-7H2,1-3H3/t8-,9+,11+,12-/m1/s1. The molecule has 0 amide bonds. The van der Waals surface area contributed by atoms with Crippen molar-refractivity contribution in [3.05, 3.63) is 0 Å². The average Bonchev–Trinajstić information content (AvgIpc) is 3.29. The van der Waals surface area contributed by atoms with Crippen molar-refractivity contribution >= 4 is 22.9 Å². The lowest BCUT2D eigenvalue weighted by molar-refractivity contribution is -0.165. The van der Waals surface area contributed by atoms with Crippen molar-refractivity contribution < 1.29 is 32.5 Å². The van der Waals surface area contributed by atoms with Crippen LogP contribution in [0.2, 0.25) is 0 Å². The Morgan fingerprint density at radius 2 is 2.00 bits per heavy atom. The molecule has 3 heterocycles. The second-order valence-corrected chi connectivity index (χ2v) is 8.77. The summed E-state index contributed by atoms with van der Waals surface area (Å²) in [7, 11) is 0. The molecule has 9 nitrogen and oxygen atoms in total. The highest BCUT2D eigenvalue weighted by Crippen LogP contribution is 2.44. The lowest BCUT2D eigenvalue weighted by Crippen LogP contribution is -2.29. The Labute approximate surface area is 174 Å². The number of hydrogen-bond donors (Lipinski definition) is 1. The van der Waals surface area contributed by atoms with E-state index >= 15 is 0 Å². The van der Waals surface area contributed by atoms with Crippen LogP contribution in [0.4, 0.5) is 13.2 Å². The molecule has 2 fully saturated rings. The fourth-order valence-electron chi connectivity index (χ4n) is 3.69. The van der Waals surface area contributed by atoms with E-state index in [0.29, 0.717) is 5.75 Å². The molecule has 4 rings (SSSR count). The third-order valence-corrected chi connectivity index (χ3v) is 5.85. The molecule has 1 aliphatic heterocycles. The Morgan fingerprint density at radius 3 is 2.70 bits per heavy atom. The number of rotatable bonds is 6. The van der Waals surface area contributed by atoms with E-state index in [9.17, 15) is 18.3 Å². The number of alkyl halides is 3. The van der Waals surface area contributed by atoms with Crippen molar-refractivity contribution in [1.29, 1.82) is 0 Å². The summed E-state index contributed by atoms with van der Waals surface area (Å²) >= 11 is 1.30. The number of halogens is 3. The Hall–Kier alpha value is -1.70. The van der Waals surface area contributed by atoms with E-state index in [1.54, 1.807) is 13.8 Å². The smallest absolute Gasteiger partial charge is 0.422 e. The predicted molar refractivity (Wildman–Crippen MR) is 99.2 cm³/mol. The number of fused-ring (bicyclic) bond motifs is 2. The van der Waals surface area contributed by atoms with Gasteiger partial charge in [0, 0.05) is 12.2 Å². The molecule has 1 saturated heterocycles. The van der Waals surface area contributed by atoms with Crippen molar-refractivity contribution in [2.24, 2.45) is 0 Å². The summed E-state index contributed by atoms with van der Waals surface area (Å²) < 4.78 is 56.2. The van der Waals surface area contributed by atoms with E-state index in [-0.39, 0.29) is 28.6 Å². The molecular formula is C17H22F3N5O4S. The first kappa shape index (κ1) is 21.5. The van der Waals surface area contributed by atoms with Crippen molar-refractivity contribution in [3.8, 4) is 5.88 Å². The number of aliphatic hydroxyl groups excluding tert-OH is 1. The van der Waals surface area contributed by atoms with Crippen LogP contribution in [0.25, 0.3) is 11.2 Å². The molecule has 30 heavy (non-hydrogen) atoms. The van der Waals surface area contributed by atoms with Crippen LogP contribution in [0.15, 0.2) is 5.16 Å². The van der Waals surface area contributed by atoms with Gasteiger partial charge in [0.2, 0.25) is 5.88 Å². The number of ether oxygens (including phenoxy) is 3. The van der Waals surface area contributed by atoms with Gasteiger partial charge in [-0.25, -0.2) is 9.67 Å². The van der Waals surface area contributed by atoms with Crippen LogP contribution >= 0.6 is 11.8 Å². The molecule has 2 aromatic rings. The van der Waals surface area contributed by atoms with E-state index in [1.165, 1.54) is 16.4 Å². The van der Waals surface area contributed by atoms with Crippen molar-refractivity contribution in [2.45, 2.75) is 75.1 Å². The van der Waals surface area contributed by atoms with Crippen LogP contribution in [0.5, 0.6) is 5.88 Å². The highest BCUT2D eigenvalue weighted by Gasteiger charge is 2.55. The molecule has 13 heteroatoms. The van der Waals surface area contributed by atoms with Gasteiger partial charge < -0.3 is 19.3 Å². The predicted octanol–water partition coefficient (Wildman–Crippen LogP) is 2.49. The summed E-state index contributed by atoms with van der Waals surface area (Å²) in [6.45, 7) is 3.97. The minimum atomic E-state index is -4.52. The van der Waals surface area contributed by atoms with Crippen LogP contribution in [0.3, 0.4) is 0 Å². The highest BCUT2D eigenvalue weighted by atomic mass is 32.2. The molecule has 0 spiro atoms. The lowest BCUT2D eigenvalue weighted by Gasteiger charge is -2.22. The highest BCUT2D eigenvalue weighted by molar-refractivity contribution is 7.99. The van der Waals surface area contributed by atoms with E-state index in [2.05, 4.69) is 20.3 Å². The largest absolute Gasteiger partial charge is 0.466 e. The van der Waals surface area contributed by atoms with Gasteiger partial charge in [-0.2, -0.15) is 18.2 Å². The summed E-state index contributed by atoms with van der Waals surface area (Å²) in [5.74, 6) is -0.464. The zero-order valence-electron chi connectivity index (χ0n) is 16.6. The van der Waals surface area contributed by atoms with Gasteiger partial charge in [-0.1, -0.05) is 23.9 Å². The maximum atomic E-state index is 12.7. The quantitative estimate of drug-likeness (QED) is 0.526. The third-order valence-electron chi connectivity index (χ3n) is 4.80. The molecular weight excluding hydrogens is 427 g/mol. The summed E-state index contributed by atoms with van der Waals surface area (Å²) in [4.78, 5) is 8.54. The summed E-state index contributed by atoms with van der Waals surface area (Å²) in [5, 5.41) is 18.7. The number of aliphatic hydroxyl groups is 1. The number of aromatic nitrogens is 5. The van der Waals surface area contributed by atoms with Crippen LogP contribution in [-0.2, 0) is 9.47 Å². The van der Waals surface area contributed by atoms with E-state index in [1.807, 2.05) is 6.92 Å². The lowest BCUT2D eigenvalue weighted by atomic mass is 10.2. The van der Waals surface area contributed by atoms with Gasteiger partial charge in [0.05, 0.1) is 12.1 Å². The number of thioether (sulfide) groups is 1. The van der Waals surface area contributed by atoms with E-state index < -0.39 is 42.9 Å². The fourth-order valence-corrected chi connectivity index (χ4v) is 4.37. The Morgan fingerprint density at radius 1 is 1.27 bits per heavy atom. The second-order valence-electron chi connectivity index (χ2n) is 7.71. The van der Waals surface area contributed by atoms with Gasteiger partial charge in [-0.15, -0.1) is 5.10 Å². The molecule has 1 saturated carbocycles. The first-order valence-electron chi connectivity index (χ1n) is 9.57. The molecule has 0 bridgehead atoms. The van der Waals surface area contributed by atoms with Gasteiger partial charge in [0.1, 0.15) is 12.2 Å². The average molecular weight is 449 g/mol. The first-order chi connectivity index (χ1) is 14.1. The SMILES string of the molecule is CCCSc1nc(OCC(F)(F)F)c2nnn([C@@H]3C[C@H](O)[C@H]4OC(C)(C)O[C@H]43)c2n1. The van der Waals surface area contributed by atoms with Gasteiger partial charge in [0.15, 0.2) is 28.7 Å². The normalized spacial score (nSPS) is 28.2. The van der Waals surface area contributed by atoms with Crippen LogP contribution < -0.4 is 4.74 Å². The minimum absolute atomic E-state index is 0.0243. The Balaban J connectivity index is 1.72. The van der Waals surface area contributed by atoms with Gasteiger partial charge in [-0.05, 0) is 20.3 Å². The second kappa shape index (κ2) is 7.77.